The van der Waals surface area contributed by atoms with E-state index in [9.17, 15) is 5.11 Å². The maximum absolute atomic E-state index is 9.29. The molecule has 0 fully saturated rings. The maximum Gasteiger partial charge on any atom is 0.0439 e. The van der Waals surface area contributed by atoms with E-state index in [2.05, 4.69) is 66.3 Å². The second-order valence-electron chi connectivity index (χ2n) is 6.79. The molecule has 0 aliphatic heterocycles. The minimum Gasteiger partial charge on any atom is -0.396 e. The SMILES string of the molecule is Cc1cc(S)cc(C(C)(C)C)c1C(C)(C)CCO. The Labute approximate surface area is 117 Å². The fraction of sp³-hybridized carbons (Fsp3) is 0.625. The van der Waals surface area contributed by atoms with Crippen LogP contribution in [0.1, 0.15) is 57.7 Å². The molecule has 0 spiro atoms. The Morgan fingerprint density at radius 3 is 2.11 bits per heavy atom. The van der Waals surface area contributed by atoms with Crippen molar-refractivity contribution in [2.45, 2.75) is 63.7 Å². The number of thiol groups is 1. The molecule has 0 radical (unpaired) electrons. The Morgan fingerprint density at radius 1 is 1.11 bits per heavy atom. The number of aliphatic hydroxyl groups is 1. The minimum absolute atomic E-state index is 0.0110. The van der Waals surface area contributed by atoms with Gasteiger partial charge in [-0.05, 0) is 53.0 Å². The third-order valence-corrected chi connectivity index (χ3v) is 3.80. The van der Waals surface area contributed by atoms with Crippen LogP contribution in [0, 0.1) is 6.92 Å². The molecule has 0 saturated carbocycles. The van der Waals surface area contributed by atoms with Crippen molar-refractivity contribution >= 4 is 12.6 Å². The van der Waals surface area contributed by atoms with E-state index >= 15 is 0 Å². The number of hydrogen-bond donors (Lipinski definition) is 2. The Bertz CT molecular complexity index is 427. The molecule has 1 rings (SSSR count). The van der Waals surface area contributed by atoms with E-state index in [1.165, 1.54) is 16.7 Å². The van der Waals surface area contributed by atoms with Gasteiger partial charge in [0.1, 0.15) is 0 Å². The van der Waals surface area contributed by atoms with Crippen LogP contribution < -0.4 is 0 Å². The first-order valence-electron chi connectivity index (χ1n) is 6.55. The molecule has 0 unspecified atom stereocenters. The van der Waals surface area contributed by atoms with E-state index in [1.54, 1.807) is 0 Å². The Kier molecular flexibility index (Phi) is 4.56. The first-order valence-corrected chi connectivity index (χ1v) is 7.00. The van der Waals surface area contributed by atoms with Crippen molar-refractivity contribution in [3.05, 3.63) is 28.8 Å². The summed E-state index contributed by atoms with van der Waals surface area (Å²) in [4.78, 5) is 1.01. The van der Waals surface area contributed by atoms with Crippen molar-refractivity contribution in [1.82, 2.24) is 0 Å². The van der Waals surface area contributed by atoms with E-state index in [1.807, 2.05) is 0 Å². The van der Waals surface area contributed by atoms with Gasteiger partial charge in [-0.15, -0.1) is 12.6 Å². The van der Waals surface area contributed by atoms with Crippen LogP contribution in [0.15, 0.2) is 17.0 Å². The van der Waals surface area contributed by atoms with Gasteiger partial charge in [0.15, 0.2) is 0 Å². The number of aryl methyl sites for hydroxylation is 1. The lowest BCUT2D eigenvalue weighted by Gasteiger charge is -2.34. The number of hydrogen-bond acceptors (Lipinski definition) is 2. The van der Waals surface area contributed by atoms with Gasteiger partial charge in [0.05, 0.1) is 0 Å². The van der Waals surface area contributed by atoms with Crippen molar-refractivity contribution in [1.29, 1.82) is 0 Å². The Balaban J connectivity index is 3.51. The zero-order valence-electron chi connectivity index (χ0n) is 12.5. The average molecular weight is 266 g/mol. The molecule has 0 atom stereocenters. The largest absolute Gasteiger partial charge is 0.396 e. The molecule has 2 heteroatoms. The maximum atomic E-state index is 9.29. The van der Waals surface area contributed by atoms with Gasteiger partial charge in [-0.3, -0.25) is 0 Å². The van der Waals surface area contributed by atoms with Crippen LogP contribution in [0.3, 0.4) is 0 Å². The van der Waals surface area contributed by atoms with Crippen LogP contribution in [0.5, 0.6) is 0 Å². The van der Waals surface area contributed by atoms with E-state index in [0.717, 1.165) is 11.3 Å². The normalized spacial score (nSPS) is 12.9. The molecular weight excluding hydrogens is 240 g/mol. The summed E-state index contributed by atoms with van der Waals surface area (Å²) in [6, 6.07) is 4.29. The van der Waals surface area contributed by atoms with Crippen molar-refractivity contribution < 1.29 is 5.11 Å². The summed E-state index contributed by atoms with van der Waals surface area (Å²) < 4.78 is 0. The number of rotatable bonds is 3. The molecular formula is C16H26OS. The molecule has 102 valence electrons. The van der Waals surface area contributed by atoms with Gasteiger partial charge >= 0.3 is 0 Å². The first kappa shape index (κ1) is 15.6. The van der Waals surface area contributed by atoms with Gasteiger partial charge in [-0.1, -0.05) is 34.6 Å². The molecule has 1 aromatic rings. The van der Waals surface area contributed by atoms with Crippen molar-refractivity contribution in [3.63, 3.8) is 0 Å². The zero-order valence-corrected chi connectivity index (χ0v) is 13.4. The molecule has 0 heterocycles. The van der Waals surface area contributed by atoms with E-state index in [-0.39, 0.29) is 17.4 Å². The predicted octanol–water partition coefficient (Wildman–Crippen LogP) is 4.24. The number of aliphatic hydroxyl groups excluding tert-OH is 1. The quantitative estimate of drug-likeness (QED) is 0.784. The topological polar surface area (TPSA) is 20.2 Å². The van der Waals surface area contributed by atoms with Gasteiger partial charge in [0.25, 0.3) is 0 Å². The summed E-state index contributed by atoms with van der Waals surface area (Å²) in [5, 5.41) is 9.29. The first-order chi connectivity index (χ1) is 8.09. The highest BCUT2D eigenvalue weighted by Crippen LogP contribution is 2.39. The monoisotopic (exact) mass is 266 g/mol. The van der Waals surface area contributed by atoms with Crippen LogP contribution in [-0.4, -0.2) is 11.7 Å². The Morgan fingerprint density at radius 2 is 1.67 bits per heavy atom. The second-order valence-corrected chi connectivity index (χ2v) is 7.31. The highest BCUT2D eigenvalue weighted by molar-refractivity contribution is 7.80. The highest BCUT2D eigenvalue weighted by atomic mass is 32.1. The van der Waals surface area contributed by atoms with Crippen LogP contribution >= 0.6 is 12.6 Å². The van der Waals surface area contributed by atoms with Gasteiger partial charge in [0, 0.05) is 11.5 Å². The summed E-state index contributed by atoms with van der Waals surface area (Å²) in [6.07, 6.45) is 0.781. The lowest BCUT2D eigenvalue weighted by atomic mass is 9.71. The summed E-state index contributed by atoms with van der Waals surface area (Å²) in [5.74, 6) is 0. The lowest BCUT2D eigenvalue weighted by molar-refractivity contribution is 0.250. The molecule has 1 N–H and O–H groups in total. The fourth-order valence-corrected chi connectivity index (χ4v) is 2.99. The molecule has 0 aromatic heterocycles. The van der Waals surface area contributed by atoms with Crippen LogP contribution in [-0.2, 0) is 10.8 Å². The van der Waals surface area contributed by atoms with Crippen molar-refractivity contribution in [2.24, 2.45) is 0 Å². The second kappa shape index (κ2) is 5.26. The minimum atomic E-state index is -0.0110. The molecule has 0 bridgehead atoms. The molecule has 18 heavy (non-hydrogen) atoms. The highest BCUT2D eigenvalue weighted by Gasteiger charge is 2.29. The summed E-state index contributed by atoms with van der Waals surface area (Å²) >= 11 is 4.50. The van der Waals surface area contributed by atoms with Crippen molar-refractivity contribution in [3.8, 4) is 0 Å². The standard InChI is InChI=1S/C16H26OS/c1-11-9-12(18)10-13(15(2,3)4)14(11)16(5,6)7-8-17/h9-10,17-18H,7-8H2,1-6H3. The van der Waals surface area contributed by atoms with Crippen LogP contribution in [0.2, 0.25) is 0 Å². The summed E-state index contributed by atoms with van der Waals surface area (Å²) in [5.41, 5.74) is 4.05. The summed E-state index contributed by atoms with van der Waals surface area (Å²) in [7, 11) is 0. The third-order valence-electron chi connectivity index (χ3n) is 3.54. The summed E-state index contributed by atoms with van der Waals surface area (Å²) in [6.45, 7) is 13.5. The van der Waals surface area contributed by atoms with Crippen molar-refractivity contribution in [2.75, 3.05) is 6.61 Å². The molecule has 0 saturated heterocycles. The zero-order chi connectivity index (χ0) is 14.1. The number of benzene rings is 1. The average Bonchev–Trinajstić information content (AvgIpc) is 2.13. The van der Waals surface area contributed by atoms with Gasteiger partial charge in [-0.2, -0.15) is 0 Å². The van der Waals surface area contributed by atoms with E-state index in [0.29, 0.717) is 0 Å². The molecule has 0 aliphatic carbocycles. The smallest absolute Gasteiger partial charge is 0.0439 e. The van der Waals surface area contributed by atoms with Gasteiger partial charge in [0.2, 0.25) is 0 Å². The van der Waals surface area contributed by atoms with E-state index < -0.39 is 0 Å². The van der Waals surface area contributed by atoms with Gasteiger partial charge < -0.3 is 5.11 Å². The van der Waals surface area contributed by atoms with Crippen LogP contribution in [0.25, 0.3) is 0 Å². The Hall–Kier alpha value is -0.470. The fourth-order valence-electron chi connectivity index (χ4n) is 2.66. The molecule has 0 amide bonds. The van der Waals surface area contributed by atoms with Gasteiger partial charge in [-0.25, -0.2) is 0 Å². The van der Waals surface area contributed by atoms with Crippen LogP contribution in [0.4, 0.5) is 0 Å². The lowest BCUT2D eigenvalue weighted by Crippen LogP contribution is -2.27. The molecule has 1 nitrogen and oxygen atoms in total. The molecule has 1 aromatic carbocycles. The predicted molar refractivity (Wildman–Crippen MR) is 81.9 cm³/mol. The van der Waals surface area contributed by atoms with E-state index in [4.69, 9.17) is 0 Å². The molecule has 0 aliphatic rings. The third kappa shape index (κ3) is 3.30.